The molecule has 0 fully saturated rings. The molecule has 0 radical (unpaired) electrons. The van der Waals surface area contributed by atoms with Gasteiger partial charge in [0.05, 0.1) is 0 Å². The van der Waals surface area contributed by atoms with E-state index in [0.29, 0.717) is 11.9 Å². The van der Waals surface area contributed by atoms with Gasteiger partial charge in [0.2, 0.25) is 0 Å². The van der Waals surface area contributed by atoms with Crippen LogP contribution < -0.4 is 5.32 Å². The Morgan fingerprint density at radius 1 is 1.67 bits per heavy atom. The second kappa shape index (κ2) is 4.78. The lowest BCUT2D eigenvalue weighted by molar-refractivity contribution is 0.414. The van der Waals surface area contributed by atoms with Crippen LogP contribution in [0.3, 0.4) is 0 Å². The van der Waals surface area contributed by atoms with Crippen LogP contribution in [-0.4, -0.2) is 29.5 Å². The van der Waals surface area contributed by atoms with Gasteiger partial charge in [-0.15, -0.1) is 9.24 Å². The number of allylic oxidation sites excluding steroid dienone is 2. The van der Waals surface area contributed by atoms with Crippen molar-refractivity contribution in [2.45, 2.75) is 12.5 Å². The molecule has 0 spiro atoms. The Morgan fingerprint density at radius 2 is 2.42 bits per heavy atom. The average Bonchev–Trinajstić information content (AvgIpc) is 2.05. The largest absolute Gasteiger partial charge is 0.484 e. The summed E-state index contributed by atoms with van der Waals surface area (Å²) in [4.78, 5) is 0. The summed E-state index contributed by atoms with van der Waals surface area (Å²) in [5.41, 5.74) is 0.661. The van der Waals surface area contributed by atoms with Crippen LogP contribution >= 0.6 is 9.24 Å². The molecule has 1 aliphatic carbocycles. The monoisotopic (exact) mass is 185 g/mol. The highest BCUT2D eigenvalue weighted by Crippen LogP contribution is 2.13. The topological polar surface area (TPSA) is 52.5 Å². The summed E-state index contributed by atoms with van der Waals surface area (Å²) in [6.45, 7) is 0. The Hall–Kier alpha value is -0.145. The van der Waals surface area contributed by atoms with Crippen molar-refractivity contribution in [3.8, 4) is 0 Å². The molecule has 3 N–H and O–H groups in total. The van der Waals surface area contributed by atoms with Gasteiger partial charge in [-0.2, -0.15) is 0 Å². The van der Waals surface area contributed by atoms with Crippen LogP contribution in [0.4, 0.5) is 0 Å². The van der Waals surface area contributed by atoms with Gasteiger partial charge < -0.3 is 15.4 Å². The third-order valence-electron chi connectivity index (χ3n) is 1.82. The van der Waals surface area contributed by atoms with Crippen LogP contribution in [0.1, 0.15) is 6.42 Å². The van der Waals surface area contributed by atoms with Crippen molar-refractivity contribution in [2.24, 2.45) is 0 Å². The second-order valence-electron chi connectivity index (χ2n) is 2.72. The summed E-state index contributed by atoms with van der Waals surface area (Å²) in [5.74, 6) is 0. The van der Waals surface area contributed by atoms with E-state index in [0.717, 1.165) is 6.29 Å². The van der Waals surface area contributed by atoms with Crippen molar-refractivity contribution in [3.63, 3.8) is 0 Å². The smallest absolute Gasteiger partial charge is 0.423 e. The van der Waals surface area contributed by atoms with Gasteiger partial charge in [0.25, 0.3) is 0 Å². The molecule has 0 heterocycles. The van der Waals surface area contributed by atoms with Crippen LogP contribution in [0.5, 0.6) is 0 Å². The van der Waals surface area contributed by atoms with E-state index in [-0.39, 0.29) is 6.04 Å². The summed E-state index contributed by atoms with van der Waals surface area (Å²) in [6, 6.07) is 0.226. The molecule has 0 bridgehead atoms. The lowest BCUT2D eigenvalue weighted by Crippen LogP contribution is -2.31. The normalized spacial score (nSPS) is 22.2. The first-order valence-electron chi connectivity index (χ1n) is 3.91. The minimum absolute atomic E-state index is 0.226. The van der Waals surface area contributed by atoms with Crippen LogP contribution in [0.15, 0.2) is 23.7 Å². The minimum Gasteiger partial charge on any atom is -0.423 e. The lowest BCUT2D eigenvalue weighted by Gasteiger charge is -2.18. The quantitative estimate of drug-likeness (QED) is 0.417. The molecule has 0 aromatic rings. The molecule has 66 valence electrons. The predicted octanol–water partition coefficient (Wildman–Crippen LogP) is -0.325. The molecule has 3 nitrogen and oxygen atoms in total. The van der Waals surface area contributed by atoms with Gasteiger partial charge in [-0.25, -0.2) is 0 Å². The fraction of sp³-hybridized carbons (Fsp3) is 0.429. The Labute approximate surface area is 74.9 Å². The standard InChI is InChI=1S/C7H13BNO2P/c10-8(11)6-2-1-3-7(4-6)9-5-12/h1-3,7,9-11H,4-5,12H2. The number of hydrogen-bond acceptors (Lipinski definition) is 3. The van der Waals surface area contributed by atoms with Crippen LogP contribution in [0.25, 0.3) is 0 Å². The van der Waals surface area contributed by atoms with E-state index in [9.17, 15) is 0 Å². The lowest BCUT2D eigenvalue weighted by atomic mass is 9.74. The first-order chi connectivity index (χ1) is 5.74. The molecule has 2 unspecified atom stereocenters. The molecule has 1 aliphatic rings. The zero-order chi connectivity index (χ0) is 8.97. The Bertz CT molecular complexity index is 206. The van der Waals surface area contributed by atoms with E-state index in [1.165, 1.54) is 0 Å². The molecule has 0 aliphatic heterocycles. The fourth-order valence-corrected chi connectivity index (χ4v) is 1.49. The maximum Gasteiger partial charge on any atom is 0.484 e. The summed E-state index contributed by atoms with van der Waals surface area (Å²) in [6.07, 6.45) is 7.07. The molecule has 0 aromatic heterocycles. The average molecular weight is 185 g/mol. The molecule has 0 amide bonds. The van der Waals surface area contributed by atoms with E-state index in [1.807, 2.05) is 12.2 Å². The molecule has 2 atom stereocenters. The van der Waals surface area contributed by atoms with Gasteiger partial charge in [-0.3, -0.25) is 0 Å². The third kappa shape index (κ3) is 2.72. The summed E-state index contributed by atoms with van der Waals surface area (Å²) < 4.78 is 0. The summed E-state index contributed by atoms with van der Waals surface area (Å²) >= 11 is 0. The van der Waals surface area contributed by atoms with Crippen LogP contribution in [0, 0.1) is 0 Å². The molecular formula is C7H13BNO2P. The highest BCUT2D eigenvalue weighted by molar-refractivity contribution is 7.16. The van der Waals surface area contributed by atoms with Gasteiger partial charge in [0.15, 0.2) is 0 Å². The van der Waals surface area contributed by atoms with Gasteiger partial charge in [0.1, 0.15) is 0 Å². The van der Waals surface area contributed by atoms with Crippen molar-refractivity contribution in [1.82, 2.24) is 5.32 Å². The van der Waals surface area contributed by atoms with E-state index in [2.05, 4.69) is 14.6 Å². The zero-order valence-corrected chi connectivity index (χ0v) is 7.93. The Balaban J connectivity index is 2.49. The van der Waals surface area contributed by atoms with Crippen LogP contribution in [-0.2, 0) is 0 Å². The van der Waals surface area contributed by atoms with Crippen molar-refractivity contribution >= 4 is 16.4 Å². The molecule has 5 heteroatoms. The molecule has 0 saturated heterocycles. The van der Waals surface area contributed by atoms with Crippen molar-refractivity contribution in [2.75, 3.05) is 6.29 Å². The predicted molar refractivity (Wildman–Crippen MR) is 53.5 cm³/mol. The van der Waals surface area contributed by atoms with Gasteiger partial charge in [-0.05, 0) is 11.9 Å². The zero-order valence-electron chi connectivity index (χ0n) is 6.77. The number of nitrogens with one attached hydrogen (secondary N) is 1. The molecular weight excluding hydrogens is 172 g/mol. The van der Waals surface area contributed by atoms with Gasteiger partial charge in [-0.1, -0.05) is 18.2 Å². The van der Waals surface area contributed by atoms with Crippen LogP contribution in [0.2, 0.25) is 0 Å². The highest BCUT2D eigenvalue weighted by atomic mass is 31.0. The summed E-state index contributed by atoms with van der Waals surface area (Å²) in [5, 5.41) is 20.9. The maximum atomic E-state index is 8.88. The Kier molecular flexibility index (Phi) is 3.96. The van der Waals surface area contributed by atoms with E-state index in [4.69, 9.17) is 10.0 Å². The van der Waals surface area contributed by atoms with E-state index < -0.39 is 7.12 Å². The van der Waals surface area contributed by atoms with Crippen molar-refractivity contribution < 1.29 is 10.0 Å². The molecule has 0 aromatic carbocycles. The first-order valence-corrected chi connectivity index (χ1v) is 4.72. The maximum absolute atomic E-state index is 8.88. The Morgan fingerprint density at radius 3 is 3.00 bits per heavy atom. The molecule has 0 saturated carbocycles. The van der Waals surface area contributed by atoms with Crippen molar-refractivity contribution in [1.29, 1.82) is 0 Å². The molecule has 1 rings (SSSR count). The van der Waals surface area contributed by atoms with E-state index in [1.54, 1.807) is 6.08 Å². The van der Waals surface area contributed by atoms with E-state index >= 15 is 0 Å². The molecule has 12 heavy (non-hydrogen) atoms. The third-order valence-corrected chi connectivity index (χ3v) is 2.06. The number of hydrogen-bond donors (Lipinski definition) is 3. The minimum atomic E-state index is -1.32. The van der Waals surface area contributed by atoms with Crippen molar-refractivity contribution in [3.05, 3.63) is 23.7 Å². The highest BCUT2D eigenvalue weighted by Gasteiger charge is 2.19. The SMILES string of the molecule is OB(O)C1=CC=CC(NCP)C1. The number of rotatable bonds is 3. The second-order valence-corrected chi connectivity index (χ2v) is 3.13. The first kappa shape index (κ1) is 9.94. The van der Waals surface area contributed by atoms with Gasteiger partial charge in [0, 0.05) is 12.3 Å². The summed E-state index contributed by atoms with van der Waals surface area (Å²) in [7, 11) is 1.26. The van der Waals surface area contributed by atoms with Gasteiger partial charge >= 0.3 is 7.12 Å². The fourth-order valence-electron chi connectivity index (χ4n) is 1.19.